The zero-order valence-electron chi connectivity index (χ0n) is 15.1. The molecule has 1 amide bonds. The van der Waals surface area contributed by atoms with Gasteiger partial charge in [-0.25, -0.2) is 9.97 Å². The number of anilines is 1. The molecule has 1 aliphatic rings. The van der Waals surface area contributed by atoms with Gasteiger partial charge in [0.15, 0.2) is 0 Å². The number of carbonyl (C=O) groups is 1. The van der Waals surface area contributed by atoms with Crippen LogP contribution >= 0.6 is 11.6 Å². The first-order valence-corrected chi connectivity index (χ1v) is 9.18. The molecule has 138 valence electrons. The van der Waals surface area contributed by atoms with Crippen molar-refractivity contribution in [3.05, 3.63) is 52.6 Å². The summed E-state index contributed by atoms with van der Waals surface area (Å²) in [5, 5.41) is 6.81. The van der Waals surface area contributed by atoms with Crippen molar-refractivity contribution in [2.24, 2.45) is 0 Å². The molecule has 1 aromatic heterocycles. The van der Waals surface area contributed by atoms with Crippen molar-refractivity contribution >= 4 is 23.2 Å². The lowest BCUT2D eigenvalue weighted by molar-refractivity contribution is 0.102. The molecule has 0 saturated carbocycles. The van der Waals surface area contributed by atoms with E-state index in [1.54, 1.807) is 18.5 Å². The monoisotopic (exact) mass is 373 g/mol. The summed E-state index contributed by atoms with van der Waals surface area (Å²) in [5.41, 5.74) is 2.12. The highest BCUT2D eigenvalue weighted by atomic mass is 35.5. The fourth-order valence-corrected chi connectivity index (χ4v) is 3.28. The second-order valence-corrected chi connectivity index (χ2v) is 7.26. The van der Waals surface area contributed by atoms with Crippen LogP contribution in [0.15, 0.2) is 30.6 Å². The molecular weight excluding hydrogens is 350 g/mol. The molecule has 1 aromatic carbocycles. The third-order valence-electron chi connectivity index (χ3n) is 4.44. The SMILES string of the molecule is CN(C)Cc1ccc(NC(=O)c2cnc(C3CCNCC3)nc2)cc1Cl. The van der Waals surface area contributed by atoms with Gasteiger partial charge in [-0.15, -0.1) is 0 Å². The molecule has 1 aliphatic heterocycles. The molecule has 0 bridgehead atoms. The Hall–Kier alpha value is -2.02. The second kappa shape index (κ2) is 8.58. The van der Waals surface area contributed by atoms with E-state index in [0.717, 1.165) is 43.9 Å². The molecule has 0 spiro atoms. The molecule has 7 heteroatoms. The van der Waals surface area contributed by atoms with Crippen molar-refractivity contribution in [1.82, 2.24) is 20.2 Å². The topological polar surface area (TPSA) is 70.2 Å². The fraction of sp³-hybridized carbons (Fsp3) is 0.421. The maximum atomic E-state index is 12.4. The number of hydrogen-bond donors (Lipinski definition) is 2. The van der Waals surface area contributed by atoms with Crippen molar-refractivity contribution in [2.45, 2.75) is 25.3 Å². The first kappa shape index (κ1) is 18.8. The van der Waals surface area contributed by atoms with Crippen molar-refractivity contribution in [1.29, 1.82) is 0 Å². The average Bonchev–Trinajstić information content (AvgIpc) is 2.64. The largest absolute Gasteiger partial charge is 0.322 e. The van der Waals surface area contributed by atoms with E-state index >= 15 is 0 Å². The van der Waals surface area contributed by atoms with Gasteiger partial charge in [-0.05, 0) is 57.7 Å². The average molecular weight is 374 g/mol. The Morgan fingerprint density at radius 3 is 2.58 bits per heavy atom. The molecule has 3 rings (SSSR count). The quantitative estimate of drug-likeness (QED) is 0.843. The fourth-order valence-electron chi connectivity index (χ4n) is 3.04. The maximum Gasteiger partial charge on any atom is 0.258 e. The summed E-state index contributed by atoms with van der Waals surface area (Å²) < 4.78 is 0. The number of aromatic nitrogens is 2. The van der Waals surface area contributed by atoms with Crippen LogP contribution in [0.3, 0.4) is 0 Å². The summed E-state index contributed by atoms with van der Waals surface area (Å²) >= 11 is 6.30. The highest BCUT2D eigenvalue weighted by Gasteiger charge is 2.18. The number of amides is 1. The van der Waals surface area contributed by atoms with E-state index in [-0.39, 0.29) is 5.91 Å². The number of nitrogens with one attached hydrogen (secondary N) is 2. The van der Waals surface area contributed by atoms with E-state index in [4.69, 9.17) is 11.6 Å². The van der Waals surface area contributed by atoms with E-state index in [9.17, 15) is 4.79 Å². The van der Waals surface area contributed by atoms with Crippen LogP contribution < -0.4 is 10.6 Å². The van der Waals surface area contributed by atoms with Crippen LogP contribution in [0, 0.1) is 0 Å². The number of hydrogen-bond acceptors (Lipinski definition) is 5. The van der Waals surface area contributed by atoms with Gasteiger partial charge in [0, 0.05) is 35.6 Å². The molecule has 0 unspecified atom stereocenters. The molecule has 26 heavy (non-hydrogen) atoms. The number of rotatable bonds is 5. The van der Waals surface area contributed by atoms with E-state index in [0.29, 0.717) is 22.2 Å². The Bertz CT molecular complexity index is 757. The standard InChI is InChI=1S/C19H24ClN5O/c1-25(2)12-14-3-4-16(9-17(14)20)24-19(26)15-10-22-18(23-11-15)13-5-7-21-8-6-13/h3-4,9-11,13,21H,5-8,12H2,1-2H3,(H,24,26). The summed E-state index contributed by atoms with van der Waals surface area (Å²) in [5.74, 6) is 0.953. The summed E-state index contributed by atoms with van der Waals surface area (Å²) in [6, 6.07) is 5.55. The van der Waals surface area contributed by atoms with Crippen LogP contribution in [0.4, 0.5) is 5.69 Å². The second-order valence-electron chi connectivity index (χ2n) is 6.85. The number of piperidine rings is 1. The number of carbonyl (C=O) groups excluding carboxylic acids is 1. The van der Waals surface area contributed by atoms with E-state index < -0.39 is 0 Å². The van der Waals surface area contributed by atoms with Gasteiger partial charge in [-0.1, -0.05) is 17.7 Å². The van der Waals surface area contributed by atoms with Crippen molar-refractivity contribution < 1.29 is 4.79 Å². The molecule has 1 fully saturated rings. The summed E-state index contributed by atoms with van der Waals surface area (Å²) in [6.07, 6.45) is 5.26. The van der Waals surface area contributed by atoms with Crippen LogP contribution in [-0.4, -0.2) is 48.0 Å². The number of halogens is 1. The predicted molar refractivity (Wildman–Crippen MR) is 104 cm³/mol. The molecule has 0 radical (unpaired) electrons. The van der Waals surface area contributed by atoms with Gasteiger partial charge >= 0.3 is 0 Å². The number of benzene rings is 1. The third kappa shape index (κ3) is 4.78. The first-order valence-electron chi connectivity index (χ1n) is 8.80. The van der Waals surface area contributed by atoms with E-state index in [1.165, 1.54) is 0 Å². The Morgan fingerprint density at radius 1 is 1.27 bits per heavy atom. The minimum Gasteiger partial charge on any atom is -0.322 e. The minimum atomic E-state index is -0.238. The van der Waals surface area contributed by atoms with Crippen LogP contribution in [0.1, 0.15) is 40.5 Å². The van der Waals surface area contributed by atoms with Gasteiger partial charge in [-0.2, -0.15) is 0 Å². The summed E-state index contributed by atoms with van der Waals surface area (Å²) in [7, 11) is 3.97. The van der Waals surface area contributed by atoms with E-state index in [1.807, 2.05) is 31.1 Å². The Kier molecular flexibility index (Phi) is 6.19. The van der Waals surface area contributed by atoms with Gasteiger partial charge in [0.05, 0.1) is 5.56 Å². The summed E-state index contributed by atoms with van der Waals surface area (Å²) in [6.45, 7) is 2.72. The Labute approximate surface area is 159 Å². The molecule has 2 N–H and O–H groups in total. The lowest BCUT2D eigenvalue weighted by Gasteiger charge is -2.21. The lowest BCUT2D eigenvalue weighted by atomic mass is 9.97. The van der Waals surface area contributed by atoms with Crippen molar-refractivity contribution in [2.75, 3.05) is 32.5 Å². The van der Waals surface area contributed by atoms with Crippen molar-refractivity contribution in [3.8, 4) is 0 Å². The molecular formula is C19H24ClN5O. The van der Waals surface area contributed by atoms with Crippen molar-refractivity contribution in [3.63, 3.8) is 0 Å². The van der Waals surface area contributed by atoms with Crippen LogP contribution in [-0.2, 0) is 6.54 Å². The molecule has 2 heterocycles. The molecule has 1 saturated heterocycles. The lowest BCUT2D eigenvalue weighted by Crippen LogP contribution is -2.27. The molecule has 0 aliphatic carbocycles. The van der Waals surface area contributed by atoms with Gasteiger partial charge in [-0.3, -0.25) is 4.79 Å². The zero-order chi connectivity index (χ0) is 18.5. The van der Waals surface area contributed by atoms with Crippen LogP contribution in [0.25, 0.3) is 0 Å². The van der Waals surface area contributed by atoms with Gasteiger partial charge in [0.1, 0.15) is 5.82 Å². The smallest absolute Gasteiger partial charge is 0.258 e. The Morgan fingerprint density at radius 2 is 1.96 bits per heavy atom. The highest BCUT2D eigenvalue weighted by molar-refractivity contribution is 6.31. The number of nitrogens with zero attached hydrogens (tertiary/aromatic N) is 3. The van der Waals surface area contributed by atoms with E-state index in [2.05, 4.69) is 20.6 Å². The van der Waals surface area contributed by atoms with Crippen LogP contribution in [0.5, 0.6) is 0 Å². The van der Waals surface area contributed by atoms with Crippen LogP contribution in [0.2, 0.25) is 5.02 Å². The van der Waals surface area contributed by atoms with Gasteiger partial charge in [0.2, 0.25) is 0 Å². The van der Waals surface area contributed by atoms with Gasteiger partial charge in [0.25, 0.3) is 5.91 Å². The first-order chi connectivity index (χ1) is 12.5. The maximum absolute atomic E-state index is 12.4. The third-order valence-corrected chi connectivity index (χ3v) is 4.79. The molecule has 6 nitrogen and oxygen atoms in total. The molecule has 0 atom stereocenters. The summed E-state index contributed by atoms with van der Waals surface area (Å²) in [4.78, 5) is 23.3. The zero-order valence-corrected chi connectivity index (χ0v) is 15.9. The minimum absolute atomic E-state index is 0.238. The Balaban J connectivity index is 1.65. The normalized spacial score (nSPS) is 15.2. The van der Waals surface area contributed by atoms with Gasteiger partial charge < -0.3 is 15.5 Å². The predicted octanol–water partition coefficient (Wildman–Crippen LogP) is 2.91. The molecule has 2 aromatic rings. The highest BCUT2D eigenvalue weighted by Crippen LogP contribution is 2.23.